The number of nitrogens with zero attached hydrogens (tertiary/aromatic N) is 3. The van der Waals surface area contributed by atoms with E-state index < -0.39 is 15.6 Å². The van der Waals surface area contributed by atoms with Crippen LogP contribution in [0.4, 0.5) is 0 Å². The van der Waals surface area contributed by atoms with Crippen LogP contribution in [0.5, 0.6) is 0 Å². The monoisotopic (exact) mass is 378 g/mol. The number of hydrogen-bond donors (Lipinski definition) is 2. The van der Waals surface area contributed by atoms with Crippen LogP contribution < -0.4 is 4.72 Å². The number of sulfonamides is 1. The van der Waals surface area contributed by atoms with Crippen LogP contribution in [-0.2, 0) is 22.7 Å². The Hall–Kier alpha value is -1.74. The maximum atomic E-state index is 12.2. The zero-order chi connectivity index (χ0) is 18.6. The third kappa shape index (κ3) is 4.50. The normalized spacial score (nSPS) is 22.2. The van der Waals surface area contributed by atoms with Gasteiger partial charge in [-0.2, -0.15) is 5.10 Å². The van der Waals surface area contributed by atoms with Crippen molar-refractivity contribution >= 4 is 10.0 Å². The molecule has 2 heterocycles. The number of aromatic nitrogens is 2. The van der Waals surface area contributed by atoms with Crippen molar-refractivity contribution in [2.45, 2.75) is 29.8 Å². The molecule has 0 spiro atoms. The predicted molar refractivity (Wildman–Crippen MR) is 99.0 cm³/mol. The second-order valence-corrected chi connectivity index (χ2v) is 8.61. The highest BCUT2D eigenvalue weighted by molar-refractivity contribution is 7.89. The Balaban J connectivity index is 1.52. The quantitative estimate of drug-likeness (QED) is 0.785. The summed E-state index contributed by atoms with van der Waals surface area (Å²) < 4.78 is 28.5. The molecule has 142 valence electrons. The highest BCUT2D eigenvalue weighted by Gasteiger charge is 2.31. The number of rotatable bonds is 6. The number of hydrogen-bond acceptors (Lipinski definition) is 5. The van der Waals surface area contributed by atoms with Gasteiger partial charge >= 0.3 is 0 Å². The molecule has 8 heteroatoms. The van der Waals surface area contributed by atoms with Crippen molar-refractivity contribution in [1.29, 1.82) is 0 Å². The van der Waals surface area contributed by atoms with Crippen LogP contribution in [0.1, 0.15) is 24.8 Å². The molecule has 0 saturated carbocycles. The lowest BCUT2D eigenvalue weighted by molar-refractivity contribution is 0.0213. The van der Waals surface area contributed by atoms with E-state index in [2.05, 4.69) is 14.7 Å². The molecule has 1 aromatic heterocycles. The van der Waals surface area contributed by atoms with Crippen LogP contribution >= 0.6 is 0 Å². The highest BCUT2D eigenvalue weighted by atomic mass is 32.2. The first-order valence-electron chi connectivity index (χ1n) is 8.88. The predicted octanol–water partition coefficient (Wildman–Crippen LogP) is 1.07. The summed E-state index contributed by atoms with van der Waals surface area (Å²) in [5.74, 6) is 0. The highest BCUT2D eigenvalue weighted by Crippen LogP contribution is 2.32. The Kier molecular flexibility index (Phi) is 5.76. The maximum absolute atomic E-state index is 12.2. The number of aryl methyl sites for hydroxylation is 1. The molecule has 0 amide bonds. The van der Waals surface area contributed by atoms with Crippen LogP contribution in [0, 0.1) is 0 Å². The van der Waals surface area contributed by atoms with E-state index in [0.717, 1.165) is 31.5 Å². The molecule has 2 N–H and O–H groups in total. The number of aliphatic hydroxyl groups is 1. The SMILES string of the molecule is Cn1cc(S(=O)(=O)NCCN2CCCC(O)(c3ccccc3)CC2)cn1. The average molecular weight is 378 g/mol. The second kappa shape index (κ2) is 7.87. The van der Waals surface area contributed by atoms with Crippen molar-refractivity contribution in [2.75, 3.05) is 26.2 Å². The van der Waals surface area contributed by atoms with E-state index in [1.54, 1.807) is 7.05 Å². The minimum atomic E-state index is -3.52. The largest absolute Gasteiger partial charge is 0.385 e. The van der Waals surface area contributed by atoms with E-state index >= 15 is 0 Å². The van der Waals surface area contributed by atoms with Gasteiger partial charge in [-0.3, -0.25) is 4.68 Å². The first kappa shape index (κ1) is 19.0. The molecule has 1 aliphatic heterocycles. The smallest absolute Gasteiger partial charge is 0.243 e. The number of likely N-dealkylation sites (tertiary alicyclic amines) is 1. The third-order valence-corrected chi connectivity index (χ3v) is 6.34. The van der Waals surface area contributed by atoms with E-state index in [-0.39, 0.29) is 4.90 Å². The van der Waals surface area contributed by atoms with Crippen LogP contribution in [0.2, 0.25) is 0 Å². The van der Waals surface area contributed by atoms with Gasteiger partial charge in [-0.1, -0.05) is 30.3 Å². The van der Waals surface area contributed by atoms with Gasteiger partial charge in [0.25, 0.3) is 0 Å². The number of benzene rings is 1. The lowest BCUT2D eigenvalue weighted by atomic mass is 9.87. The molecular formula is C18H26N4O3S. The molecule has 0 aliphatic carbocycles. The Labute approximate surface area is 154 Å². The van der Waals surface area contributed by atoms with Gasteiger partial charge < -0.3 is 10.0 Å². The fourth-order valence-electron chi connectivity index (χ4n) is 3.39. The summed E-state index contributed by atoms with van der Waals surface area (Å²) in [6.45, 7) is 2.54. The van der Waals surface area contributed by atoms with Crippen LogP contribution in [0.3, 0.4) is 0 Å². The van der Waals surface area contributed by atoms with Gasteiger partial charge in [-0.25, -0.2) is 13.1 Å². The fraction of sp³-hybridized carbons (Fsp3) is 0.500. The van der Waals surface area contributed by atoms with Crippen LogP contribution in [0.15, 0.2) is 47.6 Å². The molecule has 1 aliphatic rings. The summed E-state index contributed by atoms with van der Waals surface area (Å²) in [7, 11) is -1.84. The molecule has 1 aromatic carbocycles. The molecule has 26 heavy (non-hydrogen) atoms. The molecule has 3 rings (SSSR count). The summed E-state index contributed by atoms with van der Waals surface area (Å²) >= 11 is 0. The Bertz CT molecular complexity index is 822. The zero-order valence-electron chi connectivity index (χ0n) is 15.0. The Morgan fingerprint density at radius 3 is 2.69 bits per heavy atom. The van der Waals surface area contributed by atoms with Crippen molar-refractivity contribution in [1.82, 2.24) is 19.4 Å². The Morgan fingerprint density at radius 1 is 1.23 bits per heavy atom. The first-order valence-corrected chi connectivity index (χ1v) is 10.4. The zero-order valence-corrected chi connectivity index (χ0v) is 15.8. The third-order valence-electron chi connectivity index (χ3n) is 4.93. The topological polar surface area (TPSA) is 87.5 Å². The lowest BCUT2D eigenvalue weighted by Crippen LogP contribution is -2.36. The second-order valence-electron chi connectivity index (χ2n) is 6.84. The van der Waals surface area contributed by atoms with Crippen LogP contribution in [0.25, 0.3) is 0 Å². The molecule has 2 aromatic rings. The standard InChI is InChI=1S/C18H26N4O3S/c1-21-15-17(14-19-21)26(24,25)20-10-13-22-11-5-8-18(23,9-12-22)16-6-3-2-4-7-16/h2-4,6-7,14-15,20,23H,5,8-13H2,1H3. The summed E-state index contributed by atoms with van der Waals surface area (Å²) in [5, 5.41) is 14.9. The van der Waals surface area contributed by atoms with E-state index in [9.17, 15) is 13.5 Å². The van der Waals surface area contributed by atoms with Gasteiger partial charge in [-0.05, 0) is 31.4 Å². The van der Waals surface area contributed by atoms with Crippen molar-refractivity contribution in [3.05, 3.63) is 48.3 Å². The molecule has 0 radical (unpaired) electrons. The van der Waals surface area contributed by atoms with E-state index in [1.165, 1.54) is 17.1 Å². The molecule has 1 fully saturated rings. The van der Waals surface area contributed by atoms with E-state index in [4.69, 9.17) is 0 Å². The number of nitrogens with one attached hydrogen (secondary N) is 1. The lowest BCUT2D eigenvalue weighted by Gasteiger charge is -2.27. The van der Waals surface area contributed by atoms with Gasteiger partial charge in [0.2, 0.25) is 10.0 Å². The van der Waals surface area contributed by atoms with Gasteiger partial charge in [0.1, 0.15) is 4.90 Å². The molecule has 7 nitrogen and oxygen atoms in total. The molecule has 1 atom stereocenters. The summed E-state index contributed by atoms with van der Waals surface area (Å²) in [5.41, 5.74) is 0.157. The van der Waals surface area contributed by atoms with Gasteiger partial charge in [-0.15, -0.1) is 0 Å². The maximum Gasteiger partial charge on any atom is 0.243 e. The van der Waals surface area contributed by atoms with Crippen molar-refractivity contribution in [2.24, 2.45) is 7.05 Å². The van der Waals surface area contributed by atoms with Crippen LogP contribution in [-0.4, -0.2) is 54.4 Å². The van der Waals surface area contributed by atoms with E-state index in [0.29, 0.717) is 19.5 Å². The first-order chi connectivity index (χ1) is 12.4. The van der Waals surface area contributed by atoms with Crippen molar-refractivity contribution in [3.63, 3.8) is 0 Å². The minimum Gasteiger partial charge on any atom is -0.385 e. The molecular weight excluding hydrogens is 352 g/mol. The average Bonchev–Trinajstić information content (AvgIpc) is 2.98. The fourth-order valence-corrected chi connectivity index (χ4v) is 4.40. The summed E-state index contributed by atoms with van der Waals surface area (Å²) in [6.07, 6.45) is 5.06. The van der Waals surface area contributed by atoms with Crippen molar-refractivity contribution in [3.8, 4) is 0 Å². The van der Waals surface area contributed by atoms with Gasteiger partial charge in [0, 0.05) is 32.9 Å². The van der Waals surface area contributed by atoms with E-state index in [1.807, 2.05) is 30.3 Å². The van der Waals surface area contributed by atoms with Crippen molar-refractivity contribution < 1.29 is 13.5 Å². The Morgan fingerprint density at radius 2 is 2.00 bits per heavy atom. The summed E-state index contributed by atoms with van der Waals surface area (Å²) in [6, 6.07) is 9.78. The van der Waals surface area contributed by atoms with Gasteiger partial charge in [0.15, 0.2) is 0 Å². The minimum absolute atomic E-state index is 0.175. The molecule has 1 saturated heterocycles. The van der Waals surface area contributed by atoms with Gasteiger partial charge in [0.05, 0.1) is 11.8 Å². The molecule has 0 bridgehead atoms. The summed E-state index contributed by atoms with van der Waals surface area (Å²) in [4.78, 5) is 2.38. The molecule has 1 unspecified atom stereocenters.